The molecule has 3 aromatic rings. The Morgan fingerprint density at radius 1 is 1.12 bits per heavy atom. The highest BCUT2D eigenvalue weighted by atomic mass is 15.4. The Hall–Kier alpha value is -2.30. The van der Waals surface area contributed by atoms with Crippen molar-refractivity contribution in [2.24, 2.45) is 0 Å². The molecule has 0 aliphatic carbocycles. The summed E-state index contributed by atoms with van der Waals surface area (Å²) in [5.41, 5.74) is 2.60. The molecular weight excluding hydrogens is 202 g/mol. The van der Waals surface area contributed by atoms with Gasteiger partial charge in [0.15, 0.2) is 11.5 Å². The van der Waals surface area contributed by atoms with E-state index in [0.29, 0.717) is 0 Å². The summed E-state index contributed by atoms with van der Waals surface area (Å²) in [4.78, 5) is 4.07. The molecule has 0 aromatic carbocycles. The molecule has 16 heavy (non-hydrogen) atoms. The highest BCUT2D eigenvalue weighted by molar-refractivity contribution is 5.58. The lowest BCUT2D eigenvalue weighted by atomic mass is 10.2. The van der Waals surface area contributed by atoms with Crippen molar-refractivity contribution in [1.29, 1.82) is 0 Å². The van der Waals surface area contributed by atoms with Crippen LogP contribution in [0.5, 0.6) is 0 Å². The summed E-state index contributed by atoms with van der Waals surface area (Å²) in [5.74, 6) is 0.778. The average molecular weight is 211 g/mol. The molecule has 0 unspecified atom stereocenters. The third-order valence-corrected chi connectivity index (χ3v) is 2.38. The van der Waals surface area contributed by atoms with E-state index in [1.165, 1.54) is 0 Å². The fraction of sp³-hybridized carbons (Fsp3) is 0.0909. The van der Waals surface area contributed by atoms with Crippen LogP contribution in [0.25, 0.3) is 16.9 Å². The van der Waals surface area contributed by atoms with Gasteiger partial charge in [0.1, 0.15) is 0 Å². The molecule has 0 atom stereocenters. The maximum Gasteiger partial charge on any atom is 0.177 e. The topological polar surface area (TPSA) is 56.0 Å². The fourth-order valence-corrected chi connectivity index (χ4v) is 1.56. The second kappa shape index (κ2) is 3.37. The van der Waals surface area contributed by atoms with Gasteiger partial charge >= 0.3 is 0 Å². The van der Waals surface area contributed by atoms with Gasteiger partial charge in [-0.25, -0.2) is 0 Å². The van der Waals surface area contributed by atoms with E-state index < -0.39 is 0 Å². The summed E-state index contributed by atoms with van der Waals surface area (Å²) >= 11 is 0. The predicted octanol–water partition coefficient (Wildman–Crippen LogP) is 1.49. The lowest BCUT2D eigenvalue weighted by Gasteiger charge is -2.00. The van der Waals surface area contributed by atoms with Crippen molar-refractivity contribution >= 4 is 5.65 Å². The molecule has 0 fully saturated rings. The van der Waals surface area contributed by atoms with E-state index in [2.05, 4.69) is 20.3 Å². The van der Waals surface area contributed by atoms with E-state index in [9.17, 15) is 0 Å². The molecule has 0 spiro atoms. The minimum atomic E-state index is 0.755. The van der Waals surface area contributed by atoms with Crippen LogP contribution in [0.15, 0.2) is 36.7 Å². The molecule has 0 N–H and O–H groups in total. The van der Waals surface area contributed by atoms with Crippen molar-refractivity contribution < 1.29 is 0 Å². The van der Waals surface area contributed by atoms with Crippen LogP contribution in [-0.4, -0.2) is 24.8 Å². The maximum atomic E-state index is 4.46. The van der Waals surface area contributed by atoms with E-state index in [1.54, 1.807) is 16.9 Å². The summed E-state index contributed by atoms with van der Waals surface area (Å²) < 4.78 is 1.72. The van der Waals surface area contributed by atoms with Crippen molar-refractivity contribution in [2.45, 2.75) is 6.92 Å². The number of nitrogens with zero attached hydrogens (tertiary/aromatic N) is 5. The SMILES string of the molecule is Cc1nnc2ccc(-c3cccnc3)nn12. The van der Waals surface area contributed by atoms with Crippen LogP contribution >= 0.6 is 0 Å². The number of aryl methyl sites for hydroxylation is 1. The first kappa shape index (κ1) is 8.96. The van der Waals surface area contributed by atoms with E-state index in [1.807, 2.05) is 31.2 Å². The van der Waals surface area contributed by atoms with E-state index in [0.717, 1.165) is 22.7 Å². The molecule has 0 saturated heterocycles. The number of hydrogen-bond acceptors (Lipinski definition) is 4. The molecular formula is C11H9N5. The minimum absolute atomic E-state index is 0.755. The Kier molecular flexibility index (Phi) is 1.89. The van der Waals surface area contributed by atoms with Gasteiger partial charge in [-0.3, -0.25) is 4.98 Å². The maximum absolute atomic E-state index is 4.46. The zero-order valence-electron chi connectivity index (χ0n) is 8.70. The number of hydrogen-bond donors (Lipinski definition) is 0. The highest BCUT2D eigenvalue weighted by Gasteiger charge is 2.04. The summed E-state index contributed by atoms with van der Waals surface area (Å²) in [6.45, 7) is 1.88. The van der Waals surface area contributed by atoms with Crippen LogP contribution < -0.4 is 0 Å². The standard InChI is InChI=1S/C11H9N5/c1-8-13-14-11-5-4-10(15-16(8)11)9-3-2-6-12-7-9/h2-7H,1H3. The normalized spacial score (nSPS) is 10.8. The van der Waals surface area contributed by atoms with Gasteiger partial charge in [0, 0.05) is 18.0 Å². The highest BCUT2D eigenvalue weighted by Crippen LogP contribution is 2.15. The van der Waals surface area contributed by atoms with Crippen LogP contribution in [0.3, 0.4) is 0 Å². The van der Waals surface area contributed by atoms with Gasteiger partial charge in [0.2, 0.25) is 0 Å². The van der Waals surface area contributed by atoms with Crippen LogP contribution in [0.2, 0.25) is 0 Å². The second-order valence-electron chi connectivity index (χ2n) is 3.48. The Bertz CT molecular complexity index is 629. The first-order valence-electron chi connectivity index (χ1n) is 4.94. The molecule has 5 nitrogen and oxygen atoms in total. The molecule has 0 amide bonds. The van der Waals surface area contributed by atoms with Gasteiger partial charge in [-0.15, -0.1) is 10.2 Å². The van der Waals surface area contributed by atoms with Crippen LogP contribution in [-0.2, 0) is 0 Å². The molecule has 5 heteroatoms. The predicted molar refractivity (Wildman–Crippen MR) is 58.8 cm³/mol. The smallest absolute Gasteiger partial charge is 0.177 e. The third-order valence-electron chi connectivity index (χ3n) is 2.38. The lowest BCUT2D eigenvalue weighted by molar-refractivity contribution is 0.879. The summed E-state index contributed by atoms with van der Waals surface area (Å²) in [6, 6.07) is 7.68. The summed E-state index contributed by atoms with van der Waals surface area (Å²) in [6.07, 6.45) is 3.53. The molecule has 3 aromatic heterocycles. The molecule has 0 aliphatic heterocycles. The third kappa shape index (κ3) is 1.33. The minimum Gasteiger partial charge on any atom is -0.264 e. The lowest BCUT2D eigenvalue weighted by Crippen LogP contribution is -1.96. The van der Waals surface area contributed by atoms with E-state index in [4.69, 9.17) is 0 Å². The summed E-state index contributed by atoms with van der Waals surface area (Å²) in [7, 11) is 0. The molecule has 0 radical (unpaired) electrons. The van der Waals surface area contributed by atoms with E-state index >= 15 is 0 Å². The van der Waals surface area contributed by atoms with Crippen LogP contribution in [0, 0.1) is 6.92 Å². The number of rotatable bonds is 1. The molecule has 3 heterocycles. The largest absolute Gasteiger partial charge is 0.264 e. The van der Waals surface area contributed by atoms with Crippen molar-refractivity contribution in [1.82, 2.24) is 24.8 Å². The second-order valence-corrected chi connectivity index (χ2v) is 3.48. The summed E-state index contributed by atoms with van der Waals surface area (Å²) in [5, 5.41) is 12.4. The van der Waals surface area contributed by atoms with Gasteiger partial charge in [0.05, 0.1) is 5.69 Å². The van der Waals surface area contributed by atoms with Crippen molar-refractivity contribution in [3.63, 3.8) is 0 Å². The van der Waals surface area contributed by atoms with Crippen LogP contribution in [0.1, 0.15) is 5.82 Å². The monoisotopic (exact) mass is 211 g/mol. The number of fused-ring (bicyclic) bond motifs is 1. The first-order chi connectivity index (χ1) is 7.84. The van der Waals surface area contributed by atoms with Gasteiger partial charge < -0.3 is 0 Å². The molecule has 0 saturated carbocycles. The van der Waals surface area contributed by atoms with Gasteiger partial charge in [0.25, 0.3) is 0 Å². The van der Waals surface area contributed by atoms with Crippen molar-refractivity contribution in [3.05, 3.63) is 42.5 Å². The van der Waals surface area contributed by atoms with Gasteiger partial charge in [-0.05, 0) is 31.2 Å². The number of aromatic nitrogens is 5. The van der Waals surface area contributed by atoms with Gasteiger partial charge in [-0.2, -0.15) is 9.61 Å². The zero-order chi connectivity index (χ0) is 11.0. The molecule has 78 valence electrons. The number of pyridine rings is 1. The van der Waals surface area contributed by atoms with Crippen LogP contribution in [0.4, 0.5) is 0 Å². The molecule has 0 aliphatic rings. The van der Waals surface area contributed by atoms with Crippen molar-refractivity contribution in [2.75, 3.05) is 0 Å². The Labute approximate surface area is 91.8 Å². The quantitative estimate of drug-likeness (QED) is 0.612. The van der Waals surface area contributed by atoms with Crippen molar-refractivity contribution in [3.8, 4) is 11.3 Å². The first-order valence-corrected chi connectivity index (χ1v) is 4.94. The Morgan fingerprint density at radius 3 is 2.88 bits per heavy atom. The molecule has 3 rings (SSSR count). The Balaban J connectivity index is 2.22. The zero-order valence-corrected chi connectivity index (χ0v) is 8.70. The van der Waals surface area contributed by atoms with E-state index in [-0.39, 0.29) is 0 Å². The fourth-order valence-electron chi connectivity index (χ4n) is 1.56. The Morgan fingerprint density at radius 2 is 2.06 bits per heavy atom. The van der Waals surface area contributed by atoms with Gasteiger partial charge in [-0.1, -0.05) is 0 Å². The average Bonchev–Trinajstić information content (AvgIpc) is 2.72. The molecule has 0 bridgehead atoms.